The van der Waals surface area contributed by atoms with Gasteiger partial charge in [0.2, 0.25) is 0 Å². The van der Waals surface area contributed by atoms with E-state index in [0.29, 0.717) is 25.0 Å². The normalized spacial score (nSPS) is 52.7. The third kappa shape index (κ3) is 3.26. The van der Waals surface area contributed by atoms with Crippen LogP contribution in [0.5, 0.6) is 0 Å². The summed E-state index contributed by atoms with van der Waals surface area (Å²) in [6.45, 7) is 13.3. The zero-order chi connectivity index (χ0) is 28.4. The predicted molar refractivity (Wildman–Crippen MR) is 142 cm³/mol. The number of carboxylic acid groups (broad SMARTS) is 1. The summed E-state index contributed by atoms with van der Waals surface area (Å²) in [4.78, 5) is 14.0. The smallest absolute Gasteiger partial charge is 0.315 e. The lowest BCUT2D eigenvalue weighted by atomic mass is 9.42. The molecular weight excluding hydrogens is 516 g/mol. The van der Waals surface area contributed by atoms with Gasteiger partial charge in [-0.25, -0.2) is 0 Å². The molecule has 40 heavy (non-hydrogen) atoms. The summed E-state index contributed by atoms with van der Waals surface area (Å²) in [6, 6.07) is 0. The summed E-state index contributed by atoms with van der Waals surface area (Å²) in [5.74, 6) is -0.482. The van der Waals surface area contributed by atoms with E-state index < -0.39 is 58.9 Å². The second-order valence-electron chi connectivity index (χ2n) is 14.5. The Hall–Kier alpha value is -1.07. The lowest BCUT2D eigenvalue weighted by Gasteiger charge is -2.61. The summed E-state index contributed by atoms with van der Waals surface area (Å²) in [5, 5.41) is 22.8. The van der Waals surface area contributed by atoms with Crippen LogP contribution in [0.2, 0.25) is 0 Å². The van der Waals surface area contributed by atoms with Crippen molar-refractivity contribution in [3.05, 3.63) is 11.6 Å². The summed E-state index contributed by atoms with van der Waals surface area (Å²) in [5.41, 5.74) is -1.54. The van der Waals surface area contributed by atoms with Crippen LogP contribution in [-0.4, -0.2) is 78.8 Å². The molecule has 3 saturated heterocycles. The number of hydrogen-bond donors (Lipinski definition) is 2. The molecule has 7 unspecified atom stereocenters. The van der Waals surface area contributed by atoms with E-state index in [1.807, 2.05) is 20.8 Å². The Labute approximate surface area is 236 Å². The molecule has 9 nitrogen and oxygen atoms in total. The second-order valence-corrected chi connectivity index (χ2v) is 14.5. The first-order valence-electron chi connectivity index (χ1n) is 15.4. The lowest BCUT2D eigenvalue weighted by Crippen LogP contribution is -2.67. The quantitative estimate of drug-likeness (QED) is 0.468. The molecule has 2 N–H and O–H groups in total. The van der Waals surface area contributed by atoms with Gasteiger partial charge in [0.05, 0.1) is 25.9 Å². The topological polar surface area (TPSA) is 113 Å². The van der Waals surface area contributed by atoms with Crippen LogP contribution in [0.15, 0.2) is 11.6 Å². The number of allylic oxidation sites excluding steroid dienone is 1. The van der Waals surface area contributed by atoms with Gasteiger partial charge in [0, 0.05) is 10.8 Å². The van der Waals surface area contributed by atoms with Crippen molar-refractivity contribution >= 4 is 5.97 Å². The van der Waals surface area contributed by atoms with E-state index in [1.165, 1.54) is 0 Å². The zero-order valence-corrected chi connectivity index (χ0v) is 24.6. The average molecular weight is 563 g/mol. The van der Waals surface area contributed by atoms with Crippen LogP contribution < -0.4 is 0 Å². The fraction of sp³-hybridized carbons (Fsp3) is 0.903. The molecule has 224 valence electrons. The van der Waals surface area contributed by atoms with Crippen molar-refractivity contribution in [2.24, 2.45) is 45.8 Å². The van der Waals surface area contributed by atoms with E-state index in [-0.39, 0.29) is 30.5 Å². The van der Waals surface area contributed by atoms with Gasteiger partial charge in [-0.3, -0.25) is 4.79 Å². The Morgan fingerprint density at radius 3 is 2.48 bits per heavy atom. The van der Waals surface area contributed by atoms with Crippen LogP contribution >= 0.6 is 0 Å². The van der Waals surface area contributed by atoms with Gasteiger partial charge in [-0.15, -0.1) is 0 Å². The van der Waals surface area contributed by atoms with Crippen LogP contribution in [-0.2, 0) is 33.2 Å². The number of ether oxygens (including phenoxy) is 6. The van der Waals surface area contributed by atoms with Crippen molar-refractivity contribution in [2.75, 3.05) is 19.8 Å². The van der Waals surface area contributed by atoms with Gasteiger partial charge in [0.15, 0.2) is 18.4 Å². The average Bonchev–Trinajstić information content (AvgIpc) is 3.69. The Morgan fingerprint density at radius 1 is 1.10 bits per heavy atom. The maximum Gasteiger partial charge on any atom is 0.315 e. The number of rotatable bonds is 6. The first-order chi connectivity index (χ1) is 18.9. The highest BCUT2D eigenvalue weighted by Gasteiger charge is 2.86. The van der Waals surface area contributed by atoms with Crippen molar-refractivity contribution in [1.82, 2.24) is 0 Å². The minimum absolute atomic E-state index is 0.0162. The van der Waals surface area contributed by atoms with E-state index in [2.05, 4.69) is 26.8 Å². The van der Waals surface area contributed by atoms with Crippen LogP contribution in [0, 0.1) is 45.8 Å². The molecule has 0 radical (unpaired) electrons. The molecular formula is C31H46O9. The summed E-state index contributed by atoms with van der Waals surface area (Å²) in [7, 11) is 0. The van der Waals surface area contributed by atoms with Crippen LogP contribution in [0.4, 0.5) is 0 Å². The van der Waals surface area contributed by atoms with Gasteiger partial charge < -0.3 is 38.6 Å². The third-order valence-electron chi connectivity index (χ3n) is 12.0. The van der Waals surface area contributed by atoms with Crippen molar-refractivity contribution in [3.63, 3.8) is 0 Å². The van der Waals surface area contributed by atoms with E-state index in [1.54, 1.807) is 0 Å². The fourth-order valence-corrected chi connectivity index (χ4v) is 10.9. The molecule has 4 bridgehead atoms. The number of fused-ring (bicyclic) bond motifs is 3. The second kappa shape index (κ2) is 8.97. The number of carboxylic acids is 1. The molecule has 7 rings (SSSR count). The minimum Gasteiger partial charge on any atom is -0.481 e. The molecule has 9 heteroatoms. The number of hydrogen-bond acceptors (Lipinski definition) is 8. The van der Waals surface area contributed by atoms with Crippen LogP contribution in [0.3, 0.4) is 0 Å². The Bertz CT molecular complexity index is 1080. The maximum atomic E-state index is 14.0. The fourth-order valence-electron chi connectivity index (χ4n) is 10.9. The third-order valence-corrected chi connectivity index (χ3v) is 12.0. The number of aliphatic hydroxyl groups is 1. The summed E-state index contributed by atoms with van der Waals surface area (Å²) < 4.78 is 37.5. The standard InChI is InChI=1S/C31H46O9/c1-15(2)21-11-18-12-30(27-35-9-10-36-27)20-8-7-16(3)19(20)13-29(18,31(21,30)26(33)34)14-37-25-22(32)24-23(17(4)38-25)39-28(5,6)40-24/h11,15-20,22-25,27,32H,7-10,12-14H2,1-6H3,(H,33,34)/t16?,17-,18?,19?,20?,22-,23-,24+,25-,29?,30?,31?/m1/s1. The highest BCUT2D eigenvalue weighted by molar-refractivity contribution is 5.85. The van der Waals surface area contributed by atoms with E-state index >= 15 is 0 Å². The minimum atomic E-state index is -1.18. The molecule has 6 fully saturated rings. The van der Waals surface area contributed by atoms with Gasteiger partial charge in [-0.1, -0.05) is 38.8 Å². The van der Waals surface area contributed by atoms with Gasteiger partial charge in [-0.05, 0) is 69.6 Å². The number of aliphatic carboxylic acids is 1. The number of carbonyl (C=O) groups is 1. The van der Waals surface area contributed by atoms with Crippen LogP contribution in [0.25, 0.3) is 0 Å². The maximum absolute atomic E-state index is 14.0. The van der Waals surface area contributed by atoms with Crippen molar-refractivity contribution < 1.29 is 43.4 Å². The monoisotopic (exact) mass is 562 g/mol. The van der Waals surface area contributed by atoms with Crippen molar-refractivity contribution in [3.8, 4) is 0 Å². The first-order valence-corrected chi connectivity index (χ1v) is 15.4. The van der Waals surface area contributed by atoms with Gasteiger partial charge in [-0.2, -0.15) is 0 Å². The van der Waals surface area contributed by atoms with E-state index in [0.717, 1.165) is 31.3 Å². The molecule has 0 aromatic carbocycles. The van der Waals surface area contributed by atoms with Crippen LogP contribution in [0.1, 0.15) is 67.2 Å². The van der Waals surface area contributed by atoms with Crippen molar-refractivity contribution in [2.45, 2.75) is 110 Å². The van der Waals surface area contributed by atoms with Gasteiger partial charge >= 0.3 is 5.97 Å². The Morgan fingerprint density at radius 2 is 1.80 bits per heavy atom. The molecule has 7 aliphatic rings. The Kier molecular flexibility index (Phi) is 6.22. The largest absolute Gasteiger partial charge is 0.481 e. The molecule has 0 amide bonds. The molecule has 0 aromatic rings. The molecule has 3 saturated carbocycles. The van der Waals surface area contributed by atoms with Gasteiger partial charge in [0.1, 0.15) is 23.7 Å². The molecule has 4 aliphatic carbocycles. The summed E-state index contributed by atoms with van der Waals surface area (Å²) >= 11 is 0. The molecule has 12 atom stereocenters. The molecule has 3 heterocycles. The molecule has 3 aliphatic heterocycles. The van der Waals surface area contributed by atoms with E-state index in [4.69, 9.17) is 28.4 Å². The highest BCUT2D eigenvalue weighted by Crippen LogP contribution is 2.84. The Balaban J connectivity index is 1.30. The molecule has 0 spiro atoms. The van der Waals surface area contributed by atoms with Crippen molar-refractivity contribution in [1.29, 1.82) is 0 Å². The van der Waals surface area contributed by atoms with Gasteiger partial charge in [0.25, 0.3) is 0 Å². The molecule has 0 aromatic heterocycles. The predicted octanol–water partition coefficient (Wildman–Crippen LogP) is 3.73. The first kappa shape index (κ1) is 27.7. The SMILES string of the molecule is CC(C)C1=CC2CC3(C4OCCO4)C4CCC(C)C4CC2(CO[C@@H]2O[C@H](C)[C@H]4OC(C)(C)O[C@H]4[C@H]2O)C13C(=O)O. The summed E-state index contributed by atoms with van der Waals surface area (Å²) in [6.07, 6.45) is 1.97. The highest BCUT2D eigenvalue weighted by atomic mass is 16.8. The van der Waals surface area contributed by atoms with E-state index in [9.17, 15) is 15.0 Å². The lowest BCUT2D eigenvalue weighted by molar-refractivity contribution is -0.294. The zero-order valence-electron chi connectivity index (χ0n) is 24.6. The number of aliphatic hydroxyl groups excluding tert-OH is 1.